The van der Waals surface area contributed by atoms with Crippen LogP contribution in [-0.2, 0) is 4.79 Å². The van der Waals surface area contributed by atoms with E-state index in [1.165, 1.54) is 6.33 Å². The van der Waals surface area contributed by atoms with Crippen molar-refractivity contribution >= 4 is 17.4 Å². The van der Waals surface area contributed by atoms with E-state index in [0.29, 0.717) is 6.54 Å². The normalized spacial score (nSPS) is 12.6. The zero-order chi connectivity index (χ0) is 13.1. The zero-order valence-corrected chi connectivity index (χ0v) is 10.4. The van der Waals surface area contributed by atoms with Crippen LogP contribution in [0.5, 0.6) is 0 Å². The molecule has 0 saturated heterocycles. The number of aryl methyl sites for hydroxylation is 1. The first-order chi connectivity index (χ1) is 8.56. The fraction of sp³-hybridized carbons (Fsp3) is 0.417. The van der Waals surface area contributed by atoms with Crippen LogP contribution in [0.3, 0.4) is 0 Å². The molecule has 0 aromatic carbocycles. The van der Waals surface area contributed by atoms with Gasteiger partial charge in [-0.1, -0.05) is 6.92 Å². The molecule has 96 valence electrons. The second-order valence-corrected chi connectivity index (χ2v) is 4.53. The average molecular weight is 248 g/mol. The van der Waals surface area contributed by atoms with E-state index in [-0.39, 0.29) is 12.3 Å². The van der Waals surface area contributed by atoms with Crippen LogP contribution in [0.25, 0.3) is 5.65 Å². The Kier molecular flexibility index (Phi) is 3.45. The second-order valence-electron chi connectivity index (χ2n) is 4.53. The number of nitrogens with zero attached hydrogens (tertiary/aromatic N) is 3. The molecule has 2 aromatic rings. The highest BCUT2D eigenvalue weighted by atomic mass is 16.4. The third kappa shape index (κ3) is 2.77. The van der Waals surface area contributed by atoms with Gasteiger partial charge in [-0.05, 0) is 30.5 Å². The number of carbonyl (C=O) groups is 1. The fourth-order valence-electron chi connectivity index (χ4n) is 1.83. The molecule has 0 amide bonds. The van der Waals surface area contributed by atoms with Gasteiger partial charge in [0, 0.05) is 13.0 Å². The van der Waals surface area contributed by atoms with Crippen molar-refractivity contribution in [2.75, 3.05) is 11.9 Å². The summed E-state index contributed by atoms with van der Waals surface area (Å²) in [5, 5.41) is 16.1. The summed E-state index contributed by atoms with van der Waals surface area (Å²) >= 11 is 0. The van der Waals surface area contributed by atoms with Gasteiger partial charge in [-0.15, -0.1) is 0 Å². The summed E-state index contributed by atoms with van der Waals surface area (Å²) < 4.78 is 1.71. The Bertz CT molecular complexity index is 564. The van der Waals surface area contributed by atoms with Crippen molar-refractivity contribution in [1.29, 1.82) is 0 Å². The number of pyridine rings is 1. The van der Waals surface area contributed by atoms with Gasteiger partial charge in [-0.3, -0.25) is 4.79 Å². The number of rotatable bonds is 5. The van der Waals surface area contributed by atoms with Gasteiger partial charge in [0.2, 0.25) is 0 Å². The molecule has 2 rings (SSSR count). The van der Waals surface area contributed by atoms with Crippen LogP contribution in [0.1, 0.15) is 18.9 Å². The van der Waals surface area contributed by atoms with Crippen LogP contribution in [-0.4, -0.2) is 32.2 Å². The van der Waals surface area contributed by atoms with Gasteiger partial charge >= 0.3 is 5.97 Å². The Morgan fingerprint density at radius 1 is 1.56 bits per heavy atom. The fourth-order valence-corrected chi connectivity index (χ4v) is 1.83. The summed E-state index contributed by atoms with van der Waals surface area (Å²) in [5.74, 6) is 0.112. The third-order valence-corrected chi connectivity index (χ3v) is 2.68. The summed E-state index contributed by atoms with van der Waals surface area (Å²) in [4.78, 5) is 14.7. The first kappa shape index (κ1) is 12.3. The highest BCUT2D eigenvalue weighted by Crippen LogP contribution is 2.14. The third-order valence-electron chi connectivity index (χ3n) is 2.68. The molecule has 1 atom stereocenters. The standard InChI is InChI=1S/C12H16N4O2/c1-8-3-10(13-6-9(2)5-12(17)18)16-11(4-8)14-7-15-16/h3-4,7,9,13H,5-6H2,1-2H3,(H,17,18). The van der Waals surface area contributed by atoms with Crippen molar-refractivity contribution in [3.8, 4) is 0 Å². The van der Waals surface area contributed by atoms with Gasteiger partial charge in [0.1, 0.15) is 12.1 Å². The number of aliphatic carboxylic acids is 1. The molecule has 0 aliphatic carbocycles. The minimum atomic E-state index is -0.778. The molecule has 2 heterocycles. The monoisotopic (exact) mass is 248 g/mol. The molecule has 0 aliphatic heterocycles. The van der Waals surface area contributed by atoms with Crippen molar-refractivity contribution in [3.63, 3.8) is 0 Å². The molecule has 0 aliphatic rings. The lowest BCUT2D eigenvalue weighted by Gasteiger charge is -2.12. The van der Waals surface area contributed by atoms with E-state index in [4.69, 9.17) is 5.11 Å². The number of nitrogens with one attached hydrogen (secondary N) is 1. The minimum Gasteiger partial charge on any atom is -0.481 e. The van der Waals surface area contributed by atoms with Crippen molar-refractivity contribution in [2.45, 2.75) is 20.3 Å². The first-order valence-corrected chi connectivity index (χ1v) is 5.82. The number of hydrogen-bond acceptors (Lipinski definition) is 4. The Hall–Kier alpha value is -2.11. The van der Waals surface area contributed by atoms with E-state index in [1.807, 2.05) is 26.0 Å². The van der Waals surface area contributed by atoms with Crippen molar-refractivity contribution in [3.05, 3.63) is 24.0 Å². The topological polar surface area (TPSA) is 79.5 Å². The maximum atomic E-state index is 10.6. The summed E-state index contributed by atoms with van der Waals surface area (Å²) in [5.41, 5.74) is 1.87. The Labute approximate surface area is 105 Å². The number of fused-ring (bicyclic) bond motifs is 1. The molecule has 0 fully saturated rings. The van der Waals surface area contributed by atoms with E-state index < -0.39 is 5.97 Å². The molecule has 0 spiro atoms. The van der Waals surface area contributed by atoms with Gasteiger partial charge in [-0.25, -0.2) is 4.98 Å². The lowest BCUT2D eigenvalue weighted by atomic mass is 10.1. The Morgan fingerprint density at radius 3 is 3.06 bits per heavy atom. The quantitative estimate of drug-likeness (QED) is 0.839. The minimum absolute atomic E-state index is 0.0570. The maximum Gasteiger partial charge on any atom is 0.303 e. The van der Waals surface area contributed by atoms with E-state index in [1.54, 1.807) is 4.52 Å². The van der Waals surface area contributed by atoms with Crippen molar-refractivity contribution in [1.82, 2.24) is 14.6 Å². The van der Waals surface area contributed by atoms with Crippen LogP contribution in [0, 0.1) is 12.8 Å². The van der Waals surface area contributed by atoms with Gasteiger partial charge in [0.25, 0.3) is 0 Å². The number of carboxylic acid groups (broad SMARTS) is 1. The average Bonchev–Trinajstić information content (AvgIpc) is 2.72. The van der Waals surface area contributed by atoms with E-state index >= 15 is 0 Å². The van der Waals surface area contributed by atoms with Crippen LogP contribution in [0.2, 0.25) is 0 Å². The summed E-state index contributed by atoms with van der Waals surface area (Å²) in [7, 11) is 0. The van der Waals surface area contributed by atoms with Crippen LogP contribution in [0.15, 0.2) is 18.5 Å². The van der Waals surface area contributed by atoms with Gasteiger partial charge in [0.15, 0.2) is 5.65 Å². The molecule has 0 radical (unpaired) electrons. The smallest absolute Gasteiger partial charge is 0.303 e. The summed E-state index contributed by atoms with van der Waals surface area (Å²) in [6.07, 6.45) is 1.65. The summed E-state index contributed by atoms with van der Waals surface area (Å²) in [6.45, 7) is 4.47. The van der Waals surface area contributed by atoms with E-state index in [9.17, 15) is 4.79 Å². The van der Waals surface area contributed by atoms with E-state index in [0.717, 1.165) is 17.0 Å². The molecule has 2 N–H and O–H groups in total. The molecule has 6 heteroatoms. The highest BCUT2D eigenvalue weighted by molar-refractivity contribution is 5.67. The van der Waals surface area contributed by atoms with Crippen molar-refractivity contribution < 1.29 is 9.90 Å². The molecule has 18 heavy (non-hydrogen) atoms. The first-order valence-electron chi connectivity index (χ1n) is 5.82. The Balaban J connectivity index is 2.11. The number of aromatic nitrogens is 3. The lowest BCUT2D eigenvalue weighted by Crippen LogP contribution is -2.16. The summed E-state index contributed by atoms with van der Waals surface area (Å²) in [6, 6.07) is 3.91. The van der Waals surface area contributed by atoms with Gasteiger partial charge < -0.3 is 10.4 Å². The molecule has 2 aromatic heterocycles. The van der Waals surface area contributed by atoms with Gasteiger partial charge in [0.05, 0.1) is 0 Å². The molecule has 0 saturated carbocycles. The number of hydrogen-bond donors (Lipinski definition) is 2. The molecule has 1 unspecified atom stereocenters. The molecular weight excluding hydrogens is 232 g/mol. The predicted molar refractivity (Wildman–Crippen MR) is 67.6 cm³/mol. The van der Waals surface area contributed by atoms with E-state index in [2.05, 4.69) is 15.4 Å². The number of anilines is 1. The maximum absolute atomic E-state index is 10.6. The largest absolute Gasteiger partial charge is 0.481 e. The SMILES string of the molecule is Cc1cc(NCC(C)CC(=O)O)n2ncnc2c1. The zero-order valence-electron chi connectivity index (χ0n) is 10.4. The van der Waals surface area contributed by atoms with Crippen LogP contribution >= 0.6 is 0 Å². The Morgan fingerprint density at radius 2 is 2.33 bits per heavy atom. The van der Waals surface area contributed by atoms with Crippen LogP contribution < -0.4 is 5.32 Å². The molecule has 6 nitrogen and oxygen atoms in total. The van der Waals surface area contributed by atoms with Crippen LogP contribution in [0.4, 0.5) is 5.82 Å². The molecule has 0 bridgehead atoms. The number of carboxylic acids is 1. The second kappa shape index (κ2) is 5.03. The molecular formula is C12H16N4O2. The highest BCUT2D eigenvalue weighted by Gasteiger charge is 2.09. The van der Waals surface area contributed by atoms with Crippen molar-refractivity contribution in [2.24, 2.45) is 5.92 Å². The van der Waals surface area contributed by atoms with Gasteiger partial charge in [-0.2, -0.15) is 9.61 Å². The predicted octanol–water partition coefficient (Wildman–Crippen LogP) is 1.56. The lowest BCUT2D eigenvalue weighted by molar-refractivity contribution is -0.137.